The third-order valence-electron chi connectivity index (χ3n) is 4.02. The smallest absolute Gasteiger partial charge is 0.221 e. The second-order valence-electron chi connectivity index (χ2n) is 5.73. The zero-order valence-electron chi connectivity index (χ0n) is 13.5. The monoisotopic (exact) mass is 311 g/mol. The molecule has 5 heteroatoms. The van der Waals surface area contributed by atoms with Crippen molar-refractivity contribution in [2.75, 3.05) is 17.7 Å². The molecule has 0 fully saturated rings. The van der Waals surface area contributed by atoms with Crippen molar-refractivity contribution < 1.29 is 9.53 Å². The van der Waals surface area contributed by atoms with E-state index in [-0.39, 0.29) is 5.91 Å². The molecule has 3 rings (SSSR count). The molecule has 0 aliphatic heterocycles. The SMILES string of the molecule is COc1ncc(Nc2cccc(NC(C)=O)c2)c2c1CCCC2. The highest BCUT2D eigenvalue weighted by molar-refractivity contribution is 5.89. The van der Waals surface area contributed by atoms with E-state index in [2.05, 4.69) is 15.6 Å². The zero-order valence-corrected chi connectivity index (χ0v) is 13.5. The van der Waals surface area contributed by atoms with Crippen LogP contribution in [0, 0.1) is 0 Å². The highest BCUT2D eigenvalue weighted by Gasteiger charge is 2.19. The number of nitrogens with one attached hydrogen (secondary N) is 2. The van der Waals surface area contributed by atoms with Crippen LogP contribution in [-0.4, -0.2) is 18.0 Å². The number of amides is 1. The number of aromatic nitrogens is 1. The van der Waals surface area contributed by atoms with Crippen LogP contribution in [0.1, 0.15) is 30.9 Å². The van der Waals surface area contributed by atoms with Crippen LogP contribution in [0.25, 0.3) is 0 Å². The van der Waals surface area contributed by atoms with Gasteiger partial charge < -0.3 is 15.4 Å². The van der Waals surface area contributed by atoms with E-state index in [1.807, 2.05) is 30.5 Å². The van der Waals surface area contributed by atoms with E-state index >= 15 is 0 Å². The quantitative estimate of drug-likeness (QED) is 0.904. The number of nitrogens with zero attached hydrogens (tertiary/aromatic N) is 1. The summed E-state index contributed by atoms with van der Waals surface area (Å²) in [6.45, 7) is 1.50. The van der Waals surface area contributed by atoms with Gasteiger partial charge in [0.2, 0.25) is 11.8 Å². The summed E-state index contributed by atoms with van der Waals surface area (Å²) in [6, 6.07) is 7.68. The van der Waals surface area contributed by atoms with Gasteiger partial charge in [0.05, 0.1) is 19.0 Å². The maximum absolute atomic E-state index is 11.2. The highest BCUT2D eigenvalue weighted by atomic mass is 16.5. The van der Waals surface area contributed by atoms with E-state index in [0.717, 1.165) is 35.8 Å². The first-order valence-corrected chi connectivity index (χ1v) is 7.87. The molecule has 1 aromatic heterocycles. The van der Waals surface area contributed by atoms with Gasteiger partial charge in [-0.25, -0.2) is 4.98 Å². The Labute approximate surface area is 136 Å². The molecule has 0 radical (unpaired) electrons. The molecule has 0 saturated carbocycles. The van der Waals surface area contributed by atoms with Gasteiger partial charge in [0.15, 0.2) is 0 Å². The average Bonchev–Trinajstić information content (AvgIpc) is 2.55. The molecule has 1 heterocycles. The van der Waals surface area contributed by atoms with Crippen LogP contribution in [-0.2, 0) is 17.6 Å². The average molecular weight is 311 g/mol. The summed E-state index contributed by atoms with van der Waals surface area (Å²) < 4.78 is 5.39. The van der Waals surface area contributed by atoms with Crippen molar-refractivity contribution in [3.8, 4) is 5.88 Å². The molecule has 1 aromatic carbocycles. The summed E-state index contributed by atoms with van der Waals surface area (Å²) in [5.41, 5.74) is 5.21. The topological polar surface area (TPSA) is 63.2 Å². The van der Waals surface area contributed by atoms with Crippen molar-refractivity contribution in [1.82, 2.24) is 4.98 Å². The van der Waals surface area contributed by atoms with Gasteiger partial charge in [0.25, 0.3) is 0 Å². The number of methoxy groups -OCH3 is 1. The fourth-order valence-electron chi connectivity index (χ4n) is 3.03. The summed E-state index contributed by atoms with van der Waals surface area (Å²) in [4.78, 5) is 15.6. The van der Waals surface area contributed by atoms with E-state index in [1.54, 1.807) is 7.11 Å². The molecule has 2 N–H and O–H groups in total. The summed E-state index contributed by atoms with van der Waals surface area (Å²) >= 11 is 0. The predicted octanol–water partition coefficient (Wildman–Crippen LogP) is 3.67. The number of carbonyl (C=O) groups is 1. The first-order chi connectivity index (χ1) is 11.2. The molecular formula is C18H21N3O2. The van der Waals surface area contributed by atoms with E-state index in [1.165, 1.54) is 30.9 Å². The van der Waals surface area contributed by atoms with Crippen LogP contribution in [0.3, 0.4) is 0 Å². The molecular weight excluding hydrogens is 290 g/mol. The van der Waals surface area contributed by atoms with Gasteiger partial charge >= 0.3 is 0 Å². The van der Waals surface area contributed by atoms with E-state index in [9.17, 15) is 4.79 Å². The molecule has 0 atom stereocenters. The molecule has 0 saturated heterocycles. The Morgan fingerprint density at radius 1 is 1.17 bits per heavy atom. The van der Waals surface area contributed by atoms with Gasteiger partial charge in [-0.2, -0.15) is 0 Å². The van der Waals surface area contributed by atoms with E-state index < -0.39 is 0 Å². The first kappa shape index (κ1) is 15.3. The van der Waals surface area contributed by atoms with Crippen LogP contribution in [0.5, 0.6) is 5.88 Å². The number of ether oxygens (including phenoxy) is 1. The maximum atomic E-state index is 11.2. The molecule has 23 heavy (non-hydrogen) atoms. The second kappa shape index (κ2) is 6.69. The van der Waals surface area contributed by atoms with Crippen molar-refractivity contribution in [3.63, 3.8) is 0 Å². The van der Waals surface area contributed by atoms with Crippen molar-refractivity contribution >= 4 is 23.0 Å². The molecule has 1 amide bonds. The predicted molar refractivity (Wildman–Crippen MR) is 91.5 cm³/mol. The maximum Gasteiger partial charge on any atom is 0.221 e. The third kappa shape index (κ3) is 3.44. The van der Waals surface area contributed by atoms with Gasteiger partial charge in [-0.1, -0.05) is 6.07 Å². The second-order valence-corrected chi connectivity index (χ2v) is 5.73. The molecule has 1 aliphatic carbocycles. The van der Waals surface area contributed by atoms with Gasteiger partial charge in [-0.3, -0.25) is 4.79 Å². The molecule has 1 aliphatic rings. The Hall–Kier alpha value is -2.56. The number of rotatable bonds is 4. The molecule has 120 valence electrons. The molecule has 0 bridgehead atoms. The molecule has 0 unspecified atom stereocenters. The normalized spacial score (nSPS) is 13.1. The number of anilines is 3. The van der Waals surface area contributed by atoms with Gasteiger partial charge in [-0.05, 0) is 49.4 Å². The van der Waals surface area contributed by atoms with Crippen LogP contribution in [0.4, 0.5) is 17.1 Å². The lowest BCUT2D eigenvalue weighted by molar-refractivity contribution is -0.114. The van der Waals surface area contributed by atoms with Crippen molar-refractivity contribution in [2.24, 2.45) is 0 Å². The number of hydrogen-bond donors (Lipinski definition) is 2. The lowest BCUT2D eigenvalue weighted by Gasteiger charge is -2.21. The Morgan fingerprint density at radius 2 is 1.91 bits per heavy atom. The lowest BCUT2D eigenvalue weighted by Crippen LogP contribution is -2.10. The molecule has 0 spiro atoms. The van der Waals surface area contributed by atoms with Crippen molar-refractivity contribution in [3.05, 3.63) is 41.6 Å². The highest BCUT2D eigenvalue weighted by Crippen LogP contribution is 2.34. The van der Waals surface area contributed by atoms with Gasteiger partial charge in [0.1, 0.15) is 0 Å². The van der Waals surface area contributed by atoms with Gasteiger partial charge in [0, 0.05) is 23.9 Å². The number of fused-ring (bicyclic) bond motifs is 1. The summed E-state index contributed by atoms with van der Waals surface area (Å²) in [6.07, 6.45) is 6.22. The van der Waals surface area contributed by atoms with Crippen LogP contribution >= 0.6 is 0 Å². The van der Waals surface area contributed by atoms with Crippen molar-refractivity contribution in [2.45, 2.75) is 32.6 Å². The van der Waals surface area contributed by atoms with E-state index in [4.69, 9.17) is 4.74 Å². The lowest BCUT2D eigenvalue weighted by atomic mass is 9.91. The largest absolute Gasteiger partial charge is 0.481 e. The number of hydrogen-bond acceptors (Lipinski definition) is 4. The van der Waals surface area contributed by atoms with E-state index in [0.29, 0.717) is 0 Å². The minimum Gasteiger partial charge on any atom is -0.481 e. The van der Waals surface area contributed by atoms with Crippen molar-refractivity contribution in [1.29, 1.82) is 0 Å². The molecule has 2 aromatic rings. The number of carbonyl (C=O) groups excluding carboxylic acids is 1. The fraction of sp³-hybridized carbons (Fsp3) is 0.333. The Balaban J connectivity index is 1.90. The summed E-state index contributed by atoms with van der Waals surface area (Å²) in [7, 11) is 1.67. The van der Waals surface area contributed by atoms with Gasteiger partial charge in [-0.15, -0.1) is 0 Å². The Morgan fingerprint density at radius 3 is 2.65 bits per heavy atom. The standard InChI is InChI=1S/C18H21N3O2/c1-12(22)20-13-6-5-7-14(10-13)21-17-11-19-18(23-2)16-9-4-3-8-15(16)17/h5-7,10-11,21H,3-4,8-9H2,1-2H3,(H,20,22). The minimum atomic E-state index is -0.0781. The number of benzene rings is 1. The Kier molecular flexibility index (Phi) is 4.46. The fourth-order valence-corrected chi connectivity index (χ4v) is 3.03. The van der Waals surface area contributed by atoms with Crippen LogP contribution < -0.4 is 15.4 Å². The molecule has 5 nitrogen and oxygen atoms in total. The minimum absolute atomic E-state index is 0.0781. The van der Waals surface area contributed by atoms with Crippen LogP contribution in [0.2, 0.25) is 0 Å². The summed E-state index contributed by atoms with van der Waals surface area (Å²) in [5, 5.41) is 6.22. The summed E-state index contributed by atoms with van der Waals surface area (Å²) in [5.74, 6) is 0.655. The first-order valence-electron chi connectivity index (χ1n) is 7.87. The number of pyridine rings is 1. The third-order valence-corrected chi connectivity index (χ3v) is 4.02. The van der Waals surface area contributed by atoms with Crippen LogP contribution in [0.15, 0.2) is 30.5 Å². The Bertz CT molecular complexity index is 728. The zero-order chi connectivity index (χ0) is 16.2.